The first kappa shape index (κ1) is 24.5. The Balaban J connectivity index is 0.00000320. The van der Waals surface area contributed by atoms with Crippen molar-refractivity contribution in [3.63, 3.8) is 0 Å². The molecule has 1 atom stereocenters. The van der Waals surface area contributed by atoms with Crippen LogP contribution in [-0.2, 0) is 17.7 Å². The van der Waals surface area contributed by atoms with Crippen molar-refractivity contribution in [3.8, 4) is 5.75 Å². The molecule has 2 aromatic rings. The van der Waals surface area contributed by atoms with Gasteiger partial charge >= 0.3 is 0 Å². The maximum Gasteiger partial charge on any atom is 0.191 e. The molecule has 1 saturated heterocycles. The van der Waals surface area contributed by atoms with Crippen LogP contribution in [0.5, 0.6) is 5.75 Å². The van der Waals surface area contributed by atoms with Crippen LogP contribution in [0.3, 0.4) is 0 Å². The second-order valence-corrected chi connectivity index (χ2v) is 7.68. The lowest BCUT2D eigenvalue weighted by Gasteiger charge is -2.17. The zero-order valence-electron chi connectivity index (χ0n) is 18.2. The van der Waals surface area contributed by atoms with Crippen LogP contribution in [0.25, 0.3) is 0 Å². The first-order valence-electron chi connectivity index (χ1n) is 10.4. The Morgan fingerprint density at radius 2 is 1.97 bits per heavy atom. The molecule has 2 aromatic carbocycles. The summed E-state index contributed by atoms with van der Waals surface area (Å²) in [6.45, 7) is 8.11. The molecule has 164 valence electrons. The van der Waals surface area contributed by atoms with Gasteiger partial charge in [-0.15, -0.1) is 24.0 Å². The van der Waals surface area contributed by atoms with Crippen molar-refractivity contribution in [2.45, 2.75) is 33.2 Å². The van der Waals surface area contributed by atoms with Crippen LogP contribution in [0, 0.1) is 19.8 Å². The summed E-state index contributed by atoms with van der Waals surface area (Å²) in [6, 6.07) is 14.9. The third-order valence-electron chi connectivity index (χ3n) is 5.34. The molecule has 0 saturated carbocycles. The van der Waals surface area contributed by atoms with E-state index in [2.05, 4.69) is 71.9 Å². The van der Waals surface area contributed by atoms with Crippen molar-refractivity contribution in [3.05, 3.63) is 64.7 Å². The Morgan fingerprint density at radius 3 is 2.70 bits per heavy atom. The molecule has 1 aliphatic heterocycles. The minimum absolute atomic E-state index is 0. The largest absolute Gasteiger partial charge is 0.493 e. The van der Waals surface area contributed by atoms with Gasteiger partial charge in [0.15, 0.2) is 5.96 Å². The maximum absolute atomic E-state index is 6.14. The predicted octanol–water partition coefficient (Wildman–Crippen LogP) is 4.24. The number of ether oxygens (including phenoxy) is 2. The van der Waals surface area contributed by atoms with Crippen molar-refractivity contribution < 1.29 is 9.47 Å². The average Bonchev–Trinajstić information content (AvgIpc) is 3.25. The van der Waals surface area contributed by atoms with Gasteiger partial charge in [-0.1, -0.05) is 36.4 Å². The van der Waals surface area contributed by atoms with Gasteiger partial charge in [0, 0.05) is 38.2 Å². The fourth-order valence-corrected chi connectivity index (χ4v) is 3.47. The van der Waals surface area contributed by atoms with Gasteiger partial charge in [-0.05, 0) is 49.4 Å². The second kappa shape index (κ2) is 12.8. The molecule has 1 heterocycles. The van der Waals surface area contributed by atoms with Crippen LogP contribution >= 0.6 is 24.0 Å². The van der Waals surface area contributed by atoms with E-state index < -0.39 is 0 Å². The van der Waals surface area contributed by atoms with E-state index in [9.17, 15) is 0 Å². The topological polar surface area (TPSA) is 54.9 Å². The number of guanidine groups is 1. The minimum Gasteiger partial charge on any atom is -0.493 e. The zero-order valence-corrected chi connectivity index (χ0v) is 20.6. The molecule has 0 aliphatic carbocycles. The summed E-state index contributed by atoms with van der Waals surface area (Å²) in [6.07, 6.45) is 2.05. The lowest BCUT2D eigenvalue weighted by Crippen LogP contribution is -2.38. The van der Waals surface area contributed by atoms with Crippen molar-refractivity contribution in [2.24, 2.45) is 10.9 Å². The summed E-state index contributed by atoms with van der Waals surface area (Å²) in [5.41, 5.74) is 5.02. The fourth-order valence-electron chi connectivity index (χ4n) is 3.47. The molecule has 1 aliphatic rings. The van der Waals surface area contributed by atoms with E-state index in [-0.39, 0.29) is 24.0 Å². The lowest BCUT2D eigenvalue weighted by atomic mass is 10.1. The minimum atomic E-state index is 0. The van der Waals surface area contributed by atoms with Gasteiger partial charge in [0.05, 0.1) is 13.2 Å². The molecule has 2 N–H and O–H groups in total. The van der Waals surface area contributed by atoms with Gasteiger partial charge in [0.1, 0.15) is 5.75 Å². The van der Waals surface area contributed by atoms with Crippen LogP contribution in [0.4, 0.5) is 0 Å². The second-order valence-electron chi connectivity index (χ2n) is 7.68. The monoisotopic (exact) mass is 523 g/mol. The van der Waals surface area contributed by atoms with Gasteiger partial charge in [-0.3, -0.25) is 4.99 Å². The SMILES string of the molecule is CN=C(NCCc1ccccc1C)NCc1ccc(C)cc1OCC1CCOC1.I. The molecule has 0 amide bonds. The van der Waals surface area contributed by atoms with Crippen molar-refractivity contribution in [1.82, 2.24) is 10.6 Å². The van der Waals surface area contributed by atoms with Crippen LogP contribution in [0.1, 0.15) is 28.7 Å². The summed E-state index contributed by atoms with van der Waals surface area (Å²) >= 11 is 0. The van der Waals surface area contributed by atoms with Gasteiger partial charge in [-0.2, -0.15) is 0 Å². The first-order chi connectivity index (χ1) is 14.2. The summed E-state index contributed by atoms with van der Waals surface area (Å²) in [5, 5.41) is 6.81. The Morgan fingerprint density at radius 1 is 1.13 bits per heavy atom. The van der Waals surface area contributed by atoms with Gasteiger partial charge in [0.25, 0.3) is 0 Å². The lowest BCUT2D eigenvalue weighted by molar-refractivity contribution is 0.166. The Bertz CT molecular complexity index is 820. The van der Waals surface area contributed by atoms with Gasteiger partial charge < -0.3 is 20.1 Å². The standard InChI is InChI=1S/C24H33N3O2.HI/c1-18-8-9-22(23(14-18)29-17-20-11-13-28-16-20)15-27-24(25-3)26-12-10-21-7-5-4-6-19(21)2;/h4-9,14,20H,10-13,15-17H2,1-3H3,(H2,25,26,27);1H. The predicted molar refractivity (Wildman–Crippen MR) is 134 cm³/mol. The average molecular weight is 523 g/mol. The number of hydrogen-bond acceptors (Lipinski definition) is 3. The van der Waals surface area contributed by atoms with Crippen molar-refractivity contribution >= 4 is 29.9 Å². The molecule has 6 heteroatoms. The summed E-state index contributed by atoms with van der Waals surface area (Å²) in [5.74, 6) is 2.24. The maximum atomic E-state index is 6.14. The molecular weight excluding hydrogens is 489 g/mol. The molecule has 1 unspecified atom stereocenters. The molecule has 30 heavy (non-hydrogen) atoms. The number of hydrogen-bond donors (Lipinski definition) is 2. The number of nitrogens with zero attached hydrogens (tertiary/aromatic N) is 1. The van der Waals surface area contributed by atoms with E-state index in [0.717, 1.165) is 49.9 Å². The van der Waals surface area contributed by atoms with E-state index in [1.165, 1.54) is 16.7 Å². The third-order valence-corrected chi connectivity index (χ3v) is 5.34. The van der Waals surface area contributed by atoms with Crippen molar-refractivity contribution in [1.29, 1.82) is 0 Å². The quantitative estimate of drug-likeness (QED) is 0.309. The molecule has 1 fully saturated rings. The van der Waals surface area contributed by atoms with E-state index in [1.807, 2.05) is 0 Å². The summed E-state index contributed by atoms with van der Waals surface area (Å²) in [4.78, 5) is 4.35. The van der Waals surface area contributed by atoms with Crippen LogP contribution in [0.2, 0.25) is 0 Å². The summed E-state index contributed by atoms with van der Waals surface area (Å²) in [7, 11) is 1.80. The molecule has 0 bridgehead atoms. The Hall–Kier alpha value is -1.80. The highest BCUT2D eigenvalue weighted by molar-refractivity contribution is 14.0. The van der Waals surface area contributed by atoms with E-state index in [4.69, 9.17) is 9.47 Å². The molecule has 3 rings (SSSR count). The Labute approximate surface area is 197 Å². The zero-order chi connectivity index (χ0) is 20.5. The highest BCUT2D eigenvalue weighted by atomic mass is 127. The highest BCUT2D eigenvalue weighted by Gasteiger charge is 2.17. The van der Waals surface area contributed by atoms with E-state index in [0.29, 0.717) is 19.1 Å². The third kappa shape index (κ3) is 7.47. The number of aliphatic imine (C=N–C) groups is 1. The van der Waals surface area contributed by atoms with Gasteiger partial charge in [0.2, 0.25) is 0 Å². The van der Waals surface area contributed by atoms with Gasteiger partial charge in [-0.25, -0.2) is 0 Å². The first-order valence-corrected chi connectivity index (χ1v) is 10.4. The summed E-state index contributed by atoms with van der Waals surface area (Å²) < 4.78 is 11.6. The number of nitrogens with one attached hydrogen (secondary N) is 2. The van der Waals surface area contributed by atoms with E-state index in [1.54, 1.807) is 7.05 Å². The Kier molecular flexibility index (Phi) is 10.4. The highest BCUT2D eigenvalue weighted by Crippen LogP contribution is 2.22. The normalized spacial score (nSPS) is 16.1. The number of aryl methyl sites for hydroxylation is 2. The van der Waals surface area contributed by atoms with Crippen LogP contribution < -0.4 is 15.4 Å². The molecular formula is C24H34IN3O2. The fraction of sp³-hybridized carbons (Fsp3) is 0.458. The number of halogens is 1. The van der Waals surface area contributed by atoms with Crippen molar-refractivity contribution in [2.75, 3.05) is 33.4 Å². The molecule has 0 aromatic heterocycles. The van der Waals surface area contributed by atoms with E-state index >= 15 is 0 Å². The van der Waals surface area contributed by atoms with Crippen LogP contribution in [0.15, 0.2) is 47.5 Å². The number of benzene rings is 2. The number of rotatable bonds is 8. The molecule has 0 spiro atoms. The van der Waals surface area contributed by atoms with Crippen LogP contribution in [-0.4, -0.2) is 39.4 Å². The molecule has 5 nitrogen and oxygen atoms in total. The smallest absolute Gasteiger partial charge is 0.191 e. The molecule has 0 radical (unpaired) electrons.